The molecule has 0 fully saturated rings. The molecule has 0 radical (unpaired) electrons. The van der Waals surface area contributed by atoms with Gasteiger partial charge in [0.1, 0.15) is 6.17 Å². The minimum atomic E-state index is -1.83. The van der Waals surface area contributed by atoms with E-state index in [1.54, 1.807) is 36.4 Å². The van der Waals surface area contributed by atoms with E-state index in [2.05, 4.69) is 16.0 Å². The molecule has 2 aromatic rings. The normalized spacial score (nSPS) is 12.2. The van der Waals surface area contributed by atoms with Crippen LogP contribution in [0, 0.1) is 6.92 Å². The third kappa shape index (κ3) is 6.18. The summed E-state index contributed by atoms with van der Waals surface area (Å²) in [6.45, 7) is 1.82. The summed E-state index contributed by atoms with van der Waals surface area (Å²) in [6.07, 6.45) is -1.05. The molecular weight excluding hydrogens is 436 g/mol. The molecule has 0 heterocycles. The maximum atomic E-state index is 12.5. The van der Waals surface area contributed by atoms with Gasteiger partial charge in [0.05, 0.1) is 0 Å². The van der Waals surface area contributed by atoms with Gasteiger partial charge in [-0.25, -0.2) is 0 Å². The Morgan fingerprint density at radius 1 is 1.04 bits per heavy atom. The Balaban J connectivity index is 2.07. The zero-order valence-electron chi connectivity index (χ0n) is 13.5. The fraction of sp³-hybridized carbons (Fsp3) is 0.176. The van der Waals surface area contributed by atoms with E-state index in [1.807, 2.05) is 19.1 Å². The summed E-state index contributed by atoms with van der Waals surface area (Å²) in [4.78, 5) is 12.5. The first-order valence-corrected chi connectivity index (χ1v) is 9.35. The van der Waals surface area contributed by atoms with E-state index in [9.17, 15) is 4.79 Å². The molecule has 2 aromatic carbocycles. The second kappa shape index (κ2) is 9.11. The third-order valence-corrected chi connectivity index (χ3v) is 4.50. The molecular formula is C17H15Cl4N3OS. The molecule has 0 unspecified atom stereocenters. The van der Waals surface area contributed by atoms with Crippen molar-refractivity contribution in [3.8, 4) is 0 Å². The maximum Gasteiger partial charge on any atom is 0.253 e. The van der Waals surface area contributed by atoms with Crippen molar-refractivity contribution in [2.24, 2.45) is 0 Å². The lowest BCUT2D eigenvalue weighted by molar-refractivity contribution is 0.0934. The number of anilines is 1. The van der Waals surface area contributed by atoms with Crippen molar-refractivity contribution in [1.29, 1.82) is 0 Å². The van der Waals surface area contributed by atoms with Crippen molar-refractivity contribution < 1.29 is 4.79 Å². The molecule has 26 heavy (non-hydrogen) atoms. The van der Waals surface area contributed by atoms with Crippen LogP contribution < -0.4 is 16.0 Å². The van der Waals surface area contributed by atoms with Crippen LogP contribution in [0.4, 0.5) is 5.69 Å². The van der Waals surface area contributed by atoms with Crippen LogP contribution in [0.5, 0.6) is 0 Å². The van der Waals surface area contributed by atoms with Crippen LogP contribution in [0.15, 0.2) is 48.5 Å². The number of hydrogen-bond donors (Lipinski definition) is 3. The summed E-state index contributed by atoms with van der Waals surface area (Å²) in [5.74, 6) is -0.388. The fourth-order valence-electron chi connectivity index (χ4n) is 2.07. The van der Waals surface area contributed by atoms with Crippen molar-refractivity contribution in [2.45, 2.75) is 16.9 Å². The highest BCUT2D eigenvalue weighted by atomic mass is 35.6. The predicted octanol–water partition coefficient (Wildman–Crippen LogP) is 5.06. The van der Waals surface area contributed by atoms with Gasteiger partial charge in [-0.05, 0) is 55.0 Å². The summed E-state index contributed by atoms with van der Waals surface area (Å²) in [5, 5.41) is 9.15. The molecule has 0 aliphatic heterocycles. The van der Waals surface area contributed by atoms with Gasteiger partial charge >= 0.3 is 0 Å². The second-order valence-electron chi connectivity index (χ2n) is 5.37. The quantitative estimate of drug-likeness (QED) is 0.346. The van der Waals surface area contributed by atoms with Gasteiger partial charge in [0.25, 0.3) is 5.91 Å². The van der Waals surface area contributed by atoms with Gasteiger partial charge in [-0.3, -0.25) is 4.79 Å². The molecule has 3 N–H and O–H groups in total. The first-order valence-electron chi connectivity index (χ1n) is 7.43. The number of aryl methyl sites for hydroxylation is 1. The number of rotatable bonds is 4. The zero-order chi connectivity index (χ0) is 19.3. The Morgan fingerprint density at radius 3 is 2.23 bits per heavy atom. The average molecular weight is 451 g/mol. The Morgan fingerprint density at radius 2 is 1.65 bits per heavy atom. The molecule has 0 aliphatic rings. The molecule has 2 rings (SSSR count). The first-order chi connectivity index (χ1) is 12.2. The van der Waals surface area contributed by atoms with Crippen molar-refractivity contribution >= 4 is 75.3 Å². The van der Waals surface area contributed by atoms with Gasteiger partial charge < -0.3 is 16.0 Å². The number of thiocarbonyl (C=S) groups is 1. The molecule has 0 saturated heterocycles. The number of carbonyl (C=O) groups is 1. The highest BCUT2D eigenvalue weighted by molar-refractivity contribution is 7.80. The zero-order valence-corrected chi connectivity index (χ0v) is 17.4. The summed E-state index contributed by atoms with van der Waals surface area (Å²) >= 11 is 29.0. The number of hydrogen-bond acceptors (Lipinski definition) is 2. The van der Waals surface area contributed by atoms with E-state index >= 15 is 0 Å². The van der Waals surface area contributed by atoms with Crippen LogP contribution in [0.1, 0.15) is 15.9 Å². The number of carbonyl (C=O) groups excluding carboxylic acids is 1. The monoisotopic (exact) mass is 449 g/mol. The smallest absolute Gasteiger partial charge is 0.253 e. The van der Waals surface area contributed by atoms with Gasteiger partial charge in [0.2, 0.25) is 3.79 Å². The molecule has 4 nitrogen and oxygen atoms in total. The summed E-state index contributed by atoms with van der Waals surface area (Å²) in [7, 11) is 0. The molecule has 0 bridgehead atoms. The number of benzene rings is 2. The van der Waals surface area contributed by atoms with E-state index < -0.39 is 9.96 Å². The Kier molecular flexibility index (Phi) is 7.38. The van der Waals surface area contributed by atoms with E-state index in [4.69, 9.17) is 58.6 Å². The number of nitrogens with one attached hydrogen (secondary N) is 3. The van der Waals surface area contributed by atoms with Crippen LogP contribution in [0.25, 0.3) is 0 Å². The number of amides is 1. The van der Waals surface area contributed by atoms with E-state index in [-0.39, 0.29) is 11.0 Å². The molecule has 0 aromatic heterocycles. The van der Waals surface area contributed by atoms with Gasteiger partial charge in [0.15, 0.2) is 5.11 Å². The SMILES string of the molecule is Cc1ccccc1C(=O)N[C@@H](NC(=S)Nc1ccc(Cl)cc1)C(Cl)(Cl)Cl. The van der Waals surface area contributed by atoms with Gasteiger partial charge in [-0.15, -0.1) is 0 Å². The molecule has 9 heteroatoms. The van der Waals surface area contributed by atoms with Gasteiger partial charge in [-0.2, -0.15) is 0 Å². The first kappa shape index (κ1) is 21.1. The molecule has 138 valence electrons. The van der Waals surface area contributed by atoms with Crippen molar-refractivity contribution in [3.05, 3.63) is 64.7 Å². The molecule has 1 atom stereocenters. The van der Waals surface area contributed by atoms with Crippen molar-refractivity contribution in [1.82, 2.24) is 10.6 Å². The van der Waals surface area contributed by atoms with Crippen LogP contribution in [-0.4, -0.2) is 21.0 Å². The van der Waals surface area contributed by atoms with E-state index in [0.717, 1.165) is 5.56 Å². The second-order valence-corrected chi connectivity index (χ2v) is 8.58. The lowest BCUT2D eigenvalue weighted by atomic mass is 10.1. The average Bonchev–Trinajstić information content (AvgIpc) is 2.56. The largest absolute Gasteiger partial charge is 0.339 e. The minimum absolute atomic E-state index is 0.175. The van der Waals surface area contributed by atoms with Gasteiger partial charge in [-0.1, -0.05) is 64.6 Å². The lowest BCUT2D eigenvalue weighted by Gasteiger charge is -2.28. The fourth-order valence-corrected chi connectivity index (χ4v) is 2.76. The Labute approximate surface area is 177 Å². The standard InChI is InChI=1S/C17H15Cl4N3OS/c1-10-4-2-3-5-13(10)14(25)23-15(17(19,20)21)24-16(26)22-12-8-6-11(18)7-9-12/h2-9,15H,1H3,(H,23,25)(H2,22,24,26)/t15-/m0/s1. The minimum Gasteiger partial charge on any atom is -0.339 e. The molecule has 1 amide bonds. The maximum absolute atomic E-state index is 12.5. The van der Waals surface area contributed by atoms with Crippen LogP contribution in [0.3, 0.4) is 0 Å². The summed E-state index contributed by atoms with van der Waals surface area (Å²) < 4.78 is -1.83. The van der Waals surface area contributed by atoms with E-state index in [0.29, 0.717) is 16.3 Å². The van der Waals surface area contributed by atoms with Crippen molar-refractivity contribution in [2.75, 3.05) is 5.32 Å². The number of alkyl halides is 3. The van der Waals surface area contributed by atoms with Crippen LogP contribution in [0.2, 0.25) is 5.02 Å². The predicted molar refractivity (Wildman–Crippen MR) is 114 cm³/mol. The highest BCUT2D eigenvalue weighted by Gasteiger charge is 2.35. The Bertz CT molecular complexity index is 793. The molecule has 0 aliphatic carbocycles. The summed E-state index contributed by atoms with van der Waals surface area (Å²) in [5.41, 5.74) is 1.97. The topological polar surface area (TPSA) is 53.2 Å². The Hall–Kier alpha value is -1.24. The number of halogens is 4. The van der Waals surface area contributed by atoms with Gasteiger partial charge in [0, 0.05) is 16.3 Å². The van der Waals surface area contributed by atoms with Crippen LogP contribution in [-0.2, 0) is 0 Å². The lowest BCUT2D eigenvalue weighted by Crippen LogP contribution is -2.56. The third-order valence-electron chi connectivity index (χ3n) is 3.37. The highest BCUT2D eigenvalue weighted by Crippen LogP contribution is 2.29. The van der Waals surface area contributed by atoms with Crippen molar-refractivity contribution in [3.63, 3.8) is 0 Å². The van der Waals surface area contributed by atoms with Crippen LogP contribution >= 0.6 is 58.6 Å². The molecule has 0 saturated carbocycles. The van der Waals surface area contributed by atoms with E-state index in [1.165, 1.54) is 0 Å². The molecule has 0 spiro atoms. The summed E-state index contributed by atoms with van der Waals surface area (Å²) in [6, 6.07) is 14.0.